The first-order chi connectivity index (χ1) is 10.4. The Morgan fingerprint density at radius 2 is 2.10 bits per heavy atom. The quantitative estimate of drug-likeness (QED) is 0.612. The standard InChI is InChI=1S/C16H12N4O/c1-21-16-12(8-10-4-2-3-5-13(10)20-16)14-11-6-7-17-15(11)19-9-18-14/h2-9H,1H3,(H,17,18,19)/p+1. The van der Waals surface area contributed by atoms with Crippen molar-refractivity contribution >= 4 is 21.9 Å². The third-order valence-corrected chi connectivity index (χ3v) is 3.54. The number of ether oxygens (including phenoxy) is 1. The molecule has 0 radical (unpaired) electrons. The predicted molar refractivity (Wildman–Crippen MR) is 79.9 cm³/mol. The van der Waals surface area contributed by atoms with Crippen LogP contribution in [-0.4, -0.2) is 22.1 Å². The Hall–Kier alpha value is -2.95. The van der Waals surface area contributed by atoms with Crippen molar-refractivity contribution in [2.45, 2.75) is 0 Å². The van der Waals surface area contributed by atoms with Gasteiger partial charge in [-0.05, 0) is 18.2 Å². The van der Waals surface area contributed by atoms with Crippen molar-refractivity contribution in [1.82, 2.24) is 15.0 Å². The molecule has 3 heterocycles. The highest BCUT2D eigenvalue weighted by molar-refractivity contribution is 5.94. The van der Waals surface area contributed by atoms with E-state index in [1.54, 1.807) is 13.4 Å². The fourth-order valence-electron chi connectivity index (χ4n) is 2.56. The molecule has 2 N–H and O–H groups in total. The van der Waals surface area contributed by atoms with Crippen molar-refractivity contribution < 1.29 is 9.72 Å². The highest BCUT2D eigenvalue weighted by Crippen LogP contribution is 2.33. The average molecular weight is 277 g/mol. The number of H-pyrrole nitrogens is 2. The largest absolute Gasteiger partial charge is 0.480 e. The van der Waals surface area contributed by atoms with E-state index in [4.69, 9.17) is 4.74 Å². The number of fused-ring (bicyclic) bond motifs is 2. The molecule has 5 heteroatoms. The summed E-state index contributed by atoms with van der Waals surface area (Å²) in [5, 5.41) is 2.07. The summed E-state index contributed by atoms with van der Waals surface area (Å²) in [6.07, 6.45) is 3.55. The van der Waals surface area contributed by atoms with Gasteiger partial charge in [-0.2, -0.15) is 0 Å². The highest BCUT2D eigenvalue weighted by Gasteiger charge is 2.18. The van der Waals surface area contributed by atoms with Gasteiger partial charge in [-0.15, -0.1) is 4.98 Å². The lowest BCUT2D eigenvalue weighted by atomic mass is 10.1. The second-order valence-corrected chi connectivity index (χ2v) is 4.76. The first-order valence-corrected chi connectivity index (χ1v) is 6.65. The molecule has 21 heavy (non-hydrogen) atoms. The van der Waals surface area contributed by atoms with Crippen molar-refractivity contribution in [3.8, 4) is 17.1 Å². The number of aromatic nitrogens is 4. The summed E-state index contributed by atoms with van der Waals surface area (Å²) in [5.74, 6) is 0.579. The van der Waals surface area contributed by atoms with Crippen LogP contribution in [0.1, 0.15) is 0 Å². The van der Waals surface area contributed by atoms with E-state index in [2.05, 4.69) is 26.0 Å². The number of hydrogen-bond acceptors (Lipinski definition) is 3. The minimum Gasteiger partial charge on any atom is -0.480 e. The molecule has 0 atom stereocenters. The predicted octanol–water partition coefficient (Wildman–Crippen LogP) is 2.60. The molecule has 0 spiro atoms. The molecular formula is C16H13N4O+. The molecule has 0 amide bonds. The Balaban J connectivity index is 2.07. The third kappa shape index (κ3) is 1.82. The van der Waals surface area contributed by atoms with Gasteiger partial charge in [-0.1, -0.05) is 18.2 Å². The van der Waals surface area contributed by atoms with Crippen LogP contribution in [-0.2, 0) is 0 Å². The monoisotopic (exact) mass is 277 g/mol. The Bertz CT molecular complexity index is 945. The van der Waals surface area contributed by atoms with Crippen LogP contribution in [0, 0.1) is 0 Å². The van der Waals surface area contributed by atoms with Crippen LogP contribution < -0.4 is 9.72 Å². The lowest BCUT2D eigenvalue weighted by Gasteiger charge is -2.07. The van der Waals surface area contributed by atoms with Gasteiger partial charge in [0.15, 0.2) is 5.69 Å². The fourth-order valence-corrected chi connectivity index (χ4v) is 2.56. The number of hydrogen-bond donors (Lipinski definition) is 1. The zero-order valence-electron chi connectivity index (χ0n) is 11.4. The van der Waals surface area contributed by atoms with Crippen molar-refractivity contribution in [2.75, 3.05) is 7.11 Å². The number of para-hydroxylation sites is 1. The highest BCUT2D eigenvalue weighted by atomic mass is 16.5. The number of rotatable bonds is 2. The van der Waals surface area contributed by atoms with Crippen LogP contribution in [0.2, 0.25) is 0 Å². The summed E-state index contributed by atoms with van der Waals surface area (Å²) < 4.78 is 5.46. The maximum absolute atomic E-state index is 5.46. The molecule has 4 rings (SSSR count). The van der Waals surface area contributed by atoms with Crippen molar-refractivity contribution in [3.05, 3.63) is 48.9 Å². The van der Waals surface area contributed by atoms with Gasteiger partial charge in [0.25, 0.3) is 0 Å². The molecule has 0 unspecified atom stereocenters. The minimum atomic E-state index is 0.579. The molecule has 4 aromatic rings. The first-order valence-electron chi connectivity index (χ1n) is 6.65. The van der Waals surface area contributed by atoms with Crippen LogP contribution in [0.5, 0.6) is 5.88 Å². The van der Waals surface area contributed by atoms with E-state index in [1.807, 2.05) is 36.5 Å². The zero-order valence-corrected chi connectivity index (χ0v) is 11.4. The van der Waals surface area contributed by atoms with Crippen molar-refractivity contribution in [2.24, 2.45) is 0 Å². The molecule has 0 aliphatic heterocycles. The lowest BCUT2D eigenvalue weighted by molar-refractivity contribution is -0.352. The number of aromatic amines is 2. The summed E-state index contributed by atoms with van der Waals surface area (Å²) in [6, 6.07) is 12.0. The number of benzene rings is 1. The van der Waals surface area contributed by atoms with Crippen LogP contribution in [0.15, 0.2) is 48.9 Å². The minimum absolute atomic E-state index is 0.579. The molecule has 0 bridgehead atoms. The van der Waals surface area contributed by atoms with Crippen LogP contribution in [0.3, 0.4) is 0 Å². The summed E-state index contributed by atoms with van der Waals surface area (Å²) in [5.41, 5.74) is 3.57. The van der Waals surface area contributed by atoms with Gasteiger partial charge >= 0.3 is 0 Å². The number of nitrogens with zero attached hydrogens (tertiary/aromatic N) is 2. The topological polar surface area (TPSA) is 64.9 Å². The molecule has 3 aromatic heterocycles. The smallest absolute Gasteiger partial charge is 0.234 e. The van der Waals surface area contributed by atoms with Crippen LogP contribution in [0.4, 0.5) is 0 Å². The van der Waals surface area contributed by atoms with Gasteiger partial charge in [-0.3, -0.25) is 4.98 Å². The Labute approximate surface area is 120 Å². The molecule has 1 aromatic carbocycles. The first kappa shape index (κ1) is 11.8. The Morgan fingerprint density at radius 3 is 3.00 bits per heavy atom. The molecule has 0 saturated carbocycles. The van der Waals surface area contributed by atoms with E-state index < -0.39 is 0 Å². The number of nitrogens with one attached hydrogen (secondary N) is 2. The van der Waals surface area contributed by atoms with E-state index in [9.17, 15) is 0 Å². The van der Waals surface area contributed by atoms with E-state index in [1.165, 1.54) is 0 Å². The van der Waals surface area contributed by atoms with Gasteiger partial charge in [0.1, 0.15) is 0 Å². The third-order valence-electron chi connectivity index (χ3n) is 3.54. The van der Waals surface area contributed by atoms with Crippen LogP contribution in [0.25, 0.3) is 33.2 Å². The second kappa shape index (κ2) is 4.56. The van der Waals surface area contributed by atoms with E-state index in [-0.39, 0.29) is 0 Å². The second-order valence-electron chi connectivity index (χ2n) is 4.76. The van der Waals surface area contributed by atoms with E-state index >= 15 is 0 Å². The molecular weight excluding hydrogens is 264 g/mol. The molecule has 5 nitrogen and oxygen atoms in total. The van der Waals surface area contributed by atoms with Gasteiger partial charge in [-0.25, -0.2) is 9.97 Å². The Morgan fingerprint density at radius 1 is 1.19 bits per heavy atom. The maximum Gasteiger partial charge on any atom is 0.234 e. The van der Waals surface area contributed by atoms with Gasteiger partial charge in [0.05, 0.1) is 29.8 Å². The fraction of sp³-hybridized carbons (Fsp3) is 0.0625. The van der Waals surface area contributed by atoms with E-state index in [0.29, 0.717) is 5.88 Å². The van der Waals surface area contributed by atoms with Gasteiger partial charge in [0.2, 0.25) is 17.9 Å². The Kier molecular flexibility index (Phi) is 2.57. The molecule has 102 valence electrons. The number of pyridine rings is 1. The van der Waals surface area contributed by atoms with Crippen LogP contribution >= 0.6 is 0 Å². The molecule has 0 aliphatic rings. The summed E-state index contributed by atoms with van der Waals surface area (Å²) >= 11 is 0. The summed E-state index contributed by atoms with van der Waals surface area (Å²) in [4.78, 5) is 15.3. The summed E-state index contributed by atoms with van der Waals surface area (Å²) in [6.45, 7) is 0. The maximum atomic E-state index is 5.46. The zero-order chi connectivity index (χ0) is 14.2. The van der Waals surface area contributed by atoms with E-state index in [0.717, 1.165) is 33.2 Å². The molecule has 0 aliphatic carbocycles. The lowest BCUT2D eigenvalue weighted by Crippen LogP contribution is -2.05. The normalized spacial score (nSPS) is 11.1. The van der Waals surface area contributed by atoms with Gasteiger partial charge < -0.3 is 4.74 Å². The average Bonchev–Trinajstić information content (AvgIpc) is 3.02. The van der Waals surface area contributed by atoms with Crippen molar-refractivity contribution in [1.29, 1.82) is 0 Å². The SMILES string of the molecule is COc1nc2ccccc2cc1-c1nc[nH+]c2[nH]ccc12. The van der Waals surface area contributed by atoms with Gasteiger partial charge in [0, 0.05) is 5.39 Å². The van der Waals surface area contributed by atoms with Crippen molar-refractivity contribution in [3.63, 3.8) is 0 Å². The number of methoxy groups -OCH3 is 1. The molecule has 0 saturated heterocycles. The summed E-state index contributed by atoms with van der Waals surface area (Å²) in [7, 11) is 1.63. The molecule has 0 fully saturated rings.